The zero-order chi connectivity index (χ0) is 24.8. The summed E-state index contributed by atoms with van der Waals surface area (Å²) in [4.78, 5) is 66.0. The van der Waals surface area contributed by atoms with Gasteiger partial charge in [-0.2, -0.15) is 0 Å². The first-order chi connectivity index (χ1) is 16.1. The molecule has 0 saturated carbocycles. The van der Waals surface area contributed by atoms with Crippen molar-refractivity contribution >= 4 is 29.5 Å². The fourth-order valence-corrected chi connectivity index (χ4v) is 3.95. The number of likely N-dealkylation sites (N-methyl/N-ethyl adjacent to an activating group) is 1. The molecule has 2 fully saturated rings. The Bertz CT molecular complexity index is 939. The highest BCUT2D eigenvalue weighted by molar-refractivity contribution is 5.93. The van der Waals surface area contributed by atoms with Gasteiger partial charge in [0.2, 0.25) is 23.6 Å². The van der Waals surface area contributed by atoms with Crippen LogP contribution in [0.1, 0.15) is 19.4 Å². The van der Waals surface area contributed by atoms with Gasteiger partial charge in [0.05, 0.1) is 19.2 Å². The maximum absolute atomic E-state index is 13.2. The highest BCUT2D eigenvalue weighted by Crippen LogP contribution is 2.14. The van der Waals surface area contributed by atoms with E-state index in [9.17, 15) is 24.0 Å². The minimum absolute atomic E-state index is 0.0319. The van der Waals surface area contributed by atoms with Crippen molar-refractivity contribution in [2.24, 2.45) is 0 Å². The molecule has 3 N–H and O–H groups in total. The van der Waals surface area contributed by atoms with Gasteiger partial charge in [-0.1, -0.05) is 30.3 Å². The second kappa shape index (κ2) is 11.1. The SMILES string of the molecule is CC(=O)N1C[C@@H]2CNC(=O)[C@@H](C)NC(=O)CN(C)C(=O)[C@@H](Cc3ccccc3)NC(=O)[C@@H](C1)O2. The van der Waals surface area contributed by atoms with Crippen LogP contribution in [-0.2, 0) is 35.1 Å². The van der Waals surface area contributed by atoms with E-state index in [1.165, 1.54) is 30.7 Å². The lowest BCUT2D eigenvalue weighted by atomic mass is 10.0. The molecule has 5 amide bonds. The third-order valence-electron chi connectivity index (χ3n) is 5.83. The van der Waals surface area contributed by atoms with Crippen LogP contribution in [0.4, 0.5) is 0 Å². The van der Waals surface area contributed by atoms with Gasteiger partial charge in [-0.25, -0.2) is 0 Å². The highest BCUT2D eigenvalue weighted by Gasteiger charge is 2.36. The molecule has 2 heterocycles. The first-order valence-corrected chi connectivity index (χ1v) is 11.2. The number of nitrogens with zero attached hydrogens (tertiary/aromatic N) is 2. The molecule has 11 heteroatoms. The Morgan fingerprint density at radius 3 is 2.44 bits per heavy atom. The molecular weight excluding hydrogens is 442 g/mol. The standard InChI is InChI=1S/C23H31N5O6/c1-14-21(31)24-10-17-11-28(15(2)29)12-19(34-17)22(32)26-18(9-16-7-5-4-6-8-16)23(33)27(3)13-20(30)25-14/h4-8,14,17-19H,9-13H2,1-3H3,(H,24,31)(H,25,30)(H,26,32)/t14-,17+,18-,19-/m1/s1. The smallest absolute Gasteiger partial charge is 0.251 e. The first kappa shape index (κ1) is 25.2. The second-order valence-corrected chi connectivity index (χ2v) is 8.65. The fourth-order valence-electron chi connectivity index (χ4n) is 3.95. The van der Waals surface area contributed by atoms with Crippen molar-refractivity contribution in [1.82, 2.24) is 25.8 Å². The van der Waals surface area contributed by atoms with Crippen molar-refractivity contribution in [2.45, 2.75) is 44.6 Å². The van der Waals surface area contributed by atoms with Gasteiger partial charge in [0.1, 0.15) is 12.1 Å². The third kappa shape index (κ3) is 6.53. The molecule has 2 bridgehead atoms. The average molecular weight is 474 g/mol. The summed E-state index contributed by atoms with van der Waals surface area (Å²) in [6, 6.07) is 7.39. The van der Waals surface area contributed by atoms with Crippen molar-refractivity contribution in [2.75, 3.05) is 33.2 Å². The molecular formula is C23H31N5O6. The number of nitrogens with one attached hydrogen (secondary N) is 3. The molecule has 1 aromatic rings. The maximum Gasteiger partial charge on any atom is 0.251 e. The lowest BCUT2D eigenvalue weighted by Gasteiger charge is -2.37. The van der Waals surface area contributed by atoms with E-state index in [4.69, 9.17) is 4.74 Å². The third-order valence-corrected chi connectivity index (χ3v) is 5.83. The summed E-state index contributed by atoms with van der Waals surface area (Å²) >= 11 is 0. The predicted octanol–water partition coefficient (Wildman–Crippen LogP) is -1.58. The number of carbonyl (C=O) groups is 5. The van der Waals surface area contributed by atoms with E-state index in [2.05, 4.69) is 16.0 Å². The normalized spacial score (nSPS) is 27.1. The molecule has 2 saturated heterocycles. The van der Waals surface area contributed by atoms with Crippen LogP contribution in [-0.4, -0.2) is 96.9 Å². The minimum Gasteiger partial charge on any atom is -0.360 e. The quantitative estimate of drug-likeness (QED) is 0.474. The molecule has 4 atom stereocenters. The Kier molecular flexibility index (Phi) is 8.21. The van der Waals surface area contributed by atoms with Crippen LogP contribution < -0.4 is 16.0 Å². The Morgan fingerprint density at radius 1 is 1.06 bits per heavy atom. The van der Waals surface area contributed by atoms with E-state index in [-0.39, 0.29) is 38.5 Å². The predicted molar refractivity (Wildman–Crippen MR) is 121 cm³/mol. The lowest BCUT2D eigenvalue weighted by molar-refractivity contribution is -0.156. The van der Waals surface area contributed by atoms with Gasteiger partial charge in [-0.3, -0.25) is 24.0 Å². The number of hydrogen-bond donors (Lipinski definition) is 3. The molecule has 0 radical (unpaired) electrons. The summed E-state index contributed by atoms with van der Waals surface area (Å²) in [6.07, 6.45) is -1.44. The zero-order valence-electron chi connectivity index (χ0n) is 19.6. The summed E-state index contributed by atoms with van der Waals surface area (Å²) in [7, 11) is 1.46. The van der Waals surface area contributed by atoms with Crippen molar-refractivity contribution < 1.29 is 28.7 Å². The number of fused-ring (bicyclic) bond motifs is 2. The topological polar surface area (TPSA) is 137 Å². The van der Waals surface area contributed by atoms with Crippen LogP contribution in [0.3, 0.4) is 0 Å². The molecule has 0 aromatic heterocycles. The van der Waals surface area contributed by atoms with Gasteiger partial charge in [0.15, 0.2) is 6.10 Å². The van der Waals surface area contributed by atoms with Crippen LogP contribution >= 0.6 is 0 Å². The molecule has 0 unspecified atom stereocenters. The number of amides is 5. The molecule has 34 heavy (non-hydrogen) atoms. The minimum atomic E-state index is -1.02. The van der Waals surface area contributed by atoms with Crippen molar-refractivity contribution in [3.05, 3.63) is 35.9 Å². The van der Waals surface area contributed by atoms with E-state index >= 15 is 0 Å². The van der Waals surface area contributed by atoms with Crippen molar-refractivity contribution in [3.63, 3.8) is 0 Å². The summed E-state index contributed by atoms with van der Waals surface area (Å²) in [5.74, 6) is -2.18. The number of ether oxygens (including phenoxy) is 1. The maximum atomic E-state index is 13.2. The molecule has 184 valence electrons. The Labute approximate surface area is 198 Å². The monoisotopic (exact) mass is 473 g/mol. The Hall–Kier alpha value is -3.47. The number of benzene rings is 1. The number of morpholine rings is 1. The van der Waals surface area contributed by atoms with E-state index in [1.54, 1.807) is 0 Å². The van der Waals surface area contributed by atoms with Gasteiger partial charge < -0.3 is 30.5 Å². The van der Waals surface area contributed by atoms with Gasteiger partial charge in [0, 0.05) is 33.5 Å². The molecule has 2 aliphatic heterocycles. The van der Waals surface area contributed by atoms with Gasteiger partial charge in [-0.15, -0.1) is 0 Å². The molecule has 3 rings (SSSR count). The lowest BCUT2D eigenvalue weighted by Crippen LogP contribution is -2.59. The molecule has 0 spiro atoms. The summed E-state index contributed by atoms with van der Waals surface area (Å²) in [5.41, 5.74) is 0.827. The van der Waals surface area contributed by atoms with Crippen molar-refractivity contribution in [1.29, 1.82) is 0 Å². The first-order valence-electron chi connectivity index (χ1n) is 11.2. The van der Waals surface area contributed by atoms with Crippen LogP contribution in [0, 0.1) is 0 Å². The Balaban J connectivity index is 1.89. The Morgan fingerprint density at radius 2 is 1.76 bits per heavy atom. The van der Waals surface area contributed by atoms with Gasteiger partial charge >= 0.3 is 0 Å². The van der Waals surface area contributed by atoms with Crippen LogP contribution in [0.25, 0.3) is 0 Å². The summed E-state index contributed by atoms with van der Waals surface area (Å²) in [6.45, 7) is 2.94. The van der Waals surface area contributed by atoms with Gasteiger partial charge in [0.25, 0.3) is 5.91 Å². The van der Waals surface area contributed by atoms with E-state index in [1.807, 2.05) is 30.3 Å². The number of carbonyl (C=O) groups excluding carboxylic acids is 5. The van der Waals surface area contributed by atoms with E-state index in [0.717, 1.165) is 5.56 Å². The molecule has 1 aromatic carbocycles. The summed E-state index contributed by atoms with van der Waals surface area (Å²) < 4.78 is 5.89. The summed E-state index contributed by atoms with van der Waals surface area (Å²) in [5, 5.41) is 8.00. The van der Waals surface area contributed by atoms with Crippen LogP contribution in [0.2, 0.25) is 0 Å². The number of rotatable bonds is 2. The van der Waals surface area contributed by atoms with E-state index < -0.39 is 47.9 Å². The molecule has 11 nitrogen and oxygen atoms in total. The number of hydrogen-bond acceptors (Lipinski definition) is 6. The zero-order valence-corrected chi connectivity index (χ0v) is 19.6. The highest BCUT2D eigenvalue weighted by atomic mass is 16.5. The van der Waals surface area contributed by atoms with Gasteiger partial charge in [-0.05, 0) is 12.5 Å². The largest absolute Gasteiger partial charge is 0.360 e. The van der Waals surface area contributed by atoms with E-state index in [0.29, 0.717) is 0 Å². The molecule has 2 aliphatic rings. The second-order valence-electron chi connectivity index (χ2n) is 8.65. The molecule has 0 aliphatic carbocycles. The van der Waals surface area contributed by atoms with Crippen LogP contribution in [0.15, 0.2) is 30.3 Å². The van der Waals surface area contributed by atoms with Crippen molar-refractivity contribution in [3.8, 4) is 0 Å². The average Bonchev–Trinajstić information content (AvgIpc) is 2.81. The van der Waals surface area contributed by atoms with Crippen LogP contribution in [0.5, 0.6) is 0 Å². The fraction of sp³-hybridized carbons (Fsp3) is 0.522.